The third-order valence-electron chi connectivity index (χ3n) is 11.1. The van der Waals surface area contributed by atoms with Gasteiger partial charge in [-0.3, -0.25) is 0 Å². The van der Waals surface area contributed by atoms with Crippen molar-refractivity contribution in [3.05, 3.63) is 193 Å². The number of rotatable bonds is 4. The first-order valence-corrected chi connectivity index (χ1v) is 18.3. The van der Waals surface area contributed by atoms with Gasteiger partial charge in [-0.2, -0.15) is 5.26 Å². The quantitative estimate of drug-likeness (QED) is 0.169. The van der Waals surface area contributed by atoms with Crippen LogP contribution in [0.1, 0.15) is 5.56 Å². The molecule has 5 heteroatoms. The van der Waals surface area contributed by atoms with Crippen LogP contribution in [0, 0.1) is 17.9 Å². The standard InChI is InChI=1S/C50H29N5/c1-52-34-24-27-36(49(30-34)55-44-17-8-4-13-39(44)40-14-5-9-18-45(40)55)33-22-25-35(26-23-33)53-46-28-21-32(31-51)29-41(46)50-47(53)19-10-20-48(50)54-42-15-6-2-11-37(42)38-12-3-7-16-43(38)54/h2-30H. The molecule has 3 aromatic heterocycles. The molecule has 0 aliphatic heterocycles. The molecule has 0 unspecified atom stereocenters. The molecular formula is C50H29N5. The average molecular weight is 700 g/mol. The Labute approximate surface area is 316 Å². The predicted octanol–water partition coefficient (Wildman–Crippen LogP) is 13.1. The van der Waals surface area contributed by atoms with Crippen LogP contribution < -0.4 is 0 Å². The highest BCUT2D eigenvalue weighted by atomic mass is 15.0. The minimum atomic E-state index is 0.596. The van der Waals surface area contributed by atoms with Crippen LogP contribution in [0.5, 0.6) is 0 Å². The molecule has 8 aromatic carbocycles. The van der Waals surface area contributed by atoms with Crippen LogP contribution in [0.15, 0.2) is 176 Å². The number of aromatic nitrogens is 3. The summed E-state index contributed by atoms with van der Waals surface area (Å²) in [6.07, 6.45) is 0. The number of para-hydroxylation sites is 4. The van der Waals surface area contributed by atoms with Crippen LogP contribution in [0.3, 0.4) is 0 Å². The largest absolute Gasteiger partial charge is 0.310 e. The van der Waals surface area contributed by atoms with Gasteiger partial charge in [0.25, 0.3) is 0 Å². The molecule has 0 bridgehead atoms. The fourth-order valence-electron chi connectivity index (χ4n) is 8.76. The lowest BCUT2D eigenvalue weighted by Gasteiger charge is -2.16. The molecule has 0 saturated heterocycles. The van der Waals surface area contributed by atoms with Gasteiger partial charge in [0.05, 0.1) is 57.0 Å². The Hall–Kier alpha value is -7.86. The lowest BCUT2D eigenvalue weighted by atomic mass is 10.0. The zero-order valence-electron chi connectivity index (χ0n) is 29.5. The molecule has 0 radical (unpaired) electrons. The molecule has 5 nitrogen and oxygen atoms in total. The fraction of sp³-hybridized carbons (Fsp3) is 0. The fourth-order valence-corrected chi connectivity index (χ4v) is 8.76. The second kappa shape index (κ2) is 11.8. The van der Waals surface area contributed by atoms with Crippen LogP contribution >= 0.6 is 0 Å². The predicted molar refractivity (Wildman–Crippen MR) is 226 cm³/mol. The summed E-state index contributed by atoms with van der Waals surface area (Å²) in [5.41, 5.74) is 12.9. The molecule has 55 heavy (non-hydrogen) atoms. The molecule has 0 aliphatic rings. The minimum Gasteiger partial charge on any atom is -0.310 e. The van der Waals surface area contributed by atoms with Crippen molar-refractivity contribution < 1.29 is 0 Å². The number of fused-ring (bicyclic) bond motifs is 9. The molecule has 0 N–H and O–H groups in total. The Morgan fingerprint density at radius 1 is 0.436 bits per heavy atom. The molecule has 0 aliphatic carbocycles. The maximum atomic E-state index is 10.0. The highest BCUT2D eigenvalue weighted by Gasteiger charge is 2.21. The Balaban J connectivity index is 1.13. The summed E-state index contributed by atoms with van der Waals surface area (Å²) >= 11 is 0. The van der Waals surface area contributed by atoms with Crippen molar-refractivity contribution in [1.82, 2.24) is 13.7 Å². The van der Waals surface area contributed by atoms with Gasteiger partial charge in [-0.05, 0) is 78.4 Å². The van der Waals surface area contributed by atoms with Gasteiger partial charge < -0.3 is 13.7 Å². The van der Waals surface area contributed by atoms with Gasteiger partial charge in [0.15, 0.2) is 5.69 Å². The molecule has 254 valence electrons. The van der Waals surface area contributed by atoms with Crippen molar-refractivity contribution in [2.45, 2.75) is 0 Å². The van der Waals surface area contributed by atoms with E-state index >= 15 is 0 Å². The number of nitrogens with zero attached hydrogens (tertiary/aromatic N) is 5. The first-order valence-electron chi connectivity index (χ1n) is 18.3. The second-order valence-corrected chi connectivity index (χ2v) is 13.9. The van der Waals surface area contributed by atoms with Crippen molar-refractivity contribution >= 4 is 71.1 Å². The van der Waals surface area contributed by atoms with E-state index in [1.165, 1.54) is 21.5 Å². The first-order chi connectivity index (χ1) is 27.2. The van der Waals surface area contributed by atoms with Gasteiger partial charge in [-0.25, -0.2) is 4.85 Å². The zero-order chi connectivity index (χ0) is 36.6. The van der Waals surface area contributed by atoms with Gasteiger partial charge in [0, 0.05) is 49.3 Å². The third kappa shape index (κ3) is 4.45. The normalized spacial score (nSPS) is 11.6. The van der Waals surface area contributed by atoms with Gasteiger partial charge >= 0.3 is 0 Å². The van der Waals surface area contributed by atoms with Crippen molar-refractivity contribution in [2.75, 3.05) is 0 Å². The van der Waals surface area contributed by atoms with Crippen molar-refractivity contribution in [3.63, 3.8) is 0 Å². The summed E-state index contributed by atoms with van der Waals surface area (Å²) in [6.45, 7) is 7.87. The molecule has 0 amide bonds. The van der Waals surface area contributed by atoms with E-state index in [2.05, 4.69) is 176 Å². The first kappa shape index (κ1) is 30.7. The second-order valence-electron chi connectivity index (χ2n) is 13.9. The zero-order valence-corrected chi connectivity index (χ0v) is 29.5. The van der Waals surface area contributed by atoms with E-state index in [1.54, 1.807) is 0 Å². The number of nitriles is 1. The molecule has 0 spiro atoms. The molecular weight excluding hydrogens is 671 g/mol. The van der Waals surface area contributed by atoms with E-state index < -0.39 is 0 Å². The van der Waals surface area contributed by atoms with E-state index in [1.807, 2.05) is 24.3 Å². The minimum absolute atomic E-state index is 0.596. The lowest BCUT2D eigenvalue weighted by molar-refractivity contribution is 1.17. The Kier molecular flexibility index (Phi) is 6.61. The van der Waals surface area contributed by atoms with Crippen LogP contribution in [0.25, 0.3) is 98.5 Å². The molecule has 3 heterocycles. The SMILES string of the molecule is [C-]#[N+]c1ccc(-c2ccc(-n3c4ccc(C#N)cc4c4c(-n5c6ccccc6c6ccccc65)cccc43)cc2)c(-n2c3ccccc3c3ccccc32)c1. The topological polar surface area (TPSA) is 42.9 Å². The van der Waals surface area contributed by atoms with E-state index in [0.717, 1.165) is 72.1 Å². The molecule has 0 saturated carbocycles. The number of hydrogen-bond donors (Lipinski definition) is 0. The van der Waals surface area contributed by atoms with E-state index in [4.69, 9.17) is 6.57 Å². The molecule has 0 fully saturated rings. The summed E-state index contributed by atoms with van der Waals surface area (Å²) < 4.78 is 6.96. The van der Waals surface area contributed by atoms with E-state index in [9.17, 15) is 5.26 Å². The Bertz CT molecular complexity index is 3350. The van der Waals surface area contributed by atoms with Crippen molar-refractivity contribution in [1.29, 1.82) is 5.26 Å². The average Bonchev–Trinajstić information content (AvgIpc) is 3.89. The molecule has 11 aromatic rings. The maximum Gasteiger partial charge on any atom is 0.189 e. The van der Waals surface area contributed by atoms with E-state index in [0.29, 0.717) is 11.3 Å². The van der Waals surface area contributed by atoms with Crippen LogP contribution in [-0.4, -0.2) is 13.7 Å². The summed E-state index contributed by atoms with van der Waals surface area (Å²) in [5, 5.41) is 16.9. The van der Waals surface area contributed by atoms with Gasteiger partial charge in [-0.15, -0.1) is 0 Å². The summed E-state index contributed by atoms with van der Waals surface area (Å²) in [6, 6.07) is 63.7. The summed E-state index contributed by atoms with van der Waals surface area (Å²) in [4.78, 5) is 3.82. The maximum absolute atomic E-state index is 10.0. The van der Waals surface area contributed by atoms with Crippen LogP contribution in [0.2, 0.25) is 0 Å². The number of hydrogen-bond acceptors (Lipinski definition) is 1. The van der Waals surface area contributed by atoms with Gasteiger partial charge in [0.1, 0.15) is 0 Å². The monoisotopic (exact) mass is 699 g/mol. The van der Waals surface area contributed by atoms with Gasteiger partial charge in [0.2, 0.25) is 0 Å². The highest BCUT2D eigenvalue weighted by Crippen LogP contribution is 2.42. The Morgan fingerprint density at radius 3 is 1.53 bits per heavy atom. The number of benzene rings is 8. The van der Waals surface area contributed by atoms with Crippen LogP contribution in [-0.2, 0) is 0 Å². The van der Waals surface area contributed by atoms with Crippen LogP contribution in [0.4, 0.5) is 5.69 Å². The van der Waals surface area contributed by atoms with E-state index in [-0.39, 0.29) is 0 Å². The summed E-state index contributed by atoms with van der Waals surface area (Å²) in [7, 11) is 0. The molecule has 0 atom stereocenters. The summed E-state index contributed by atoms with van der Waals surface area (Å²) in [5.74, 6) is 0. The third-order valence-corrected chi connectivity index (χ3v) is 11.1. The van der Waals surface area contributed by atoms with Gasteiger partial charge in [-0.1, -0.05) is 103 Å². The lowest BCUT2D eigenvalue weighted by Crippen LogP contribution is -1.98. The molecule has 11 rings (SSSR count). The smallest absolute Gasteiger partial charge is 0.189 e. The van der Waals surface area contributed by atoms with Crippen molar-refractivity contribution in [3.8, 4) is 34.3 Å². The Morgan fingerprint density at radius 2 is 0.964 bits per heavy atom. The highest BCUT2D eigenvalue weighted by molar-refractivity contribution is 6.17. The van der Waals surface area contributed by atoms with Crippen molar-refractivity contribution in [2.24, 2.45) is 0 Å².